The number of amides is 1. The fourth-order valence-electron chi connectivity index (χ4n) is 4.59. The topological polar surface area (TPSA) is 52.6 Å². The molecule has 0 N–H and O–H groups in total. The van der Waals surface area contributed by atoms with E-state index in [4.69, 9.17) is 0 Å². The smallest absolute Gasteiger partial charge is 0.225 e. The molecule has 6 heteroatoms. The molecule has 3 fully saturated rings. The fourth-order valence-corrected chi connectivity index (χ4v) is 4.59. The third-order valence-electron chi connectivity index (χ3n) is 6.16. The van der Waals surface area contributed by atoms with Gasteiger partial charge in [0.25, 0.3) is 0 Å². The van der Waals surface area contributed by atoms with Gasteiger partial charge in [-0.3, -0.25) is 4.79 Å². The first-order valence-corrected chi connectivity index (χ1v) is 9.15. The first-order chi connectivity index (χ1) is 11.7. The lowest BCUT2D eigenvalue weighted by Gasteiger charge is -2.49. The monoisotopic (exact) mass is 329 g/mol. The zero-order valence-corrected chi connectivity index (χ0v) is 14.5. The molecule has 0 aromatic carbocycles. The standard InChI is InChI=1S/C18H27N5O/c1-21-10-4-15(13-21)23-14-18(5-3-16(23)24)6-11-22(12-7-18)17-19-8-2-9-20-17/h2,8-9,15H,3-7,10-14H2,1H3. The number of carbonyl (C=O) groups excluding carboxylic acids is 1. The zero-order chi connectivity index (χ0) is 16.6. The molecule has 1 unspecified atom stereocenters. The number of likely N-dealkylation sites (tertiary alicyclic amines) is 2. The molecule has 1 aromatic heterocycles. The van der Waals surface area contributed by atoms with Crippen LogP contribution in [0.15, 0.2) is 18.5 Å². The Labute approximate surface area is 143 Å². The van der Waals surface area contributed by atoms with Crippen molar-refractivity contribution < 1.29 is 4.79 Å². The van der Waals surface area contributed by atoms with Crippen LogP contribution < -0.4 is 4.90 Å². The summed E-state index contributed by atoms with van der Waals surface area (Å²) in [5, 5.41) is 0. The van der Waals surface area contributed by atoms with Crippen LogP contribution in [-0.2, 0) is 4.79 Å². The summed E-state index contributed by atoms with van der Waals surface area (Å²) in [5.41, 5.74) is 0.306. The van der Waals surface area contributed by atoms with Crippen LogP contribution in [0.25, 0.3) is 0 Å². The van der Waals surface area contributed by atoms with Crippen LogP contribution in [0.3, 0.4) is 0 Å². The molecule has 0 bridgehead atoms. The number of nitrogens with zero attached hydrogens (tertiary/aromatic N) is 5. The van der Waals surface area contributed by atoms with E-state index < -0.39 is 0 Å². The highest BCUT2D eigenvalue weighted by Gasteiger charge is 2.43. The third-order valence-corrected chi connectivity index (χ3v) is 6.16. The molecule has 4 rings (SSSR count). The van der Waals surface area contributed by atoms with Crippen LogP contribution in [0, 0.1) is 5.41 Å². The second-order valence-electron chi connectivity index (χ2n) is 7.76. The van der Waals surface area contributed by atoms with Gasteiger partial charge < -0.3 is 14.7 Å². The molecule has 3 saturated heterocycles. The second kappa shape index (κ2) is 6.31. The highest BCUT2D eigenvalue weighted by Crippen LogP contribution is 2.41. The Morgan fingerprint density at radius 1 is 1.12 bits per heavy atom. The highest BCUT2D eigenvalue weighted by molar-refractivity contribution is 5.77. The van der Waals surface area contributed by atoms with Crippen LogP contribution in [-0.4, -0.2) is 71.5 Å². The lowest BCUT2D eigenvalue weighted by Crippen LogP contribution is -2.55. The number of hydrogen-bond donors (Lipinski definition) is 0. The van der Waals surface area contributed by atoms with E-state index in [1.165, 1.54) is 0 Å². The maximum Gasteiger partial charge on any atom is 0.225 e. The Morgan fingerprint density at radius 2 is 1.88 bits per heavy atom. The van der Waals surface area contributed by atoms with Crippen molar-refractivity contribution in [2.75, 3.05) is 44.7 Å². The molecule has 1 spiro atoms. The van der Waals surface area contributed by atoms with Crippen molar-refractivity contribution in [2.45, 2.75) is 38.1 Å². The molecule has 1 atom stereocenters. The number of piperidine rings is 2. The number of anilines is 1. The Kier molecular flexibility index (Phi) is 4.16. The summed E-state index contributed by atoms with van der Waals surface area (Å²) >= 11 is 0. The minimum atomic E-state index is 0.306. The number of likely N-dealkylation sites (N-methyl/N-ethyl adjacent to an activating group) is 1. The lowest BCUT2D eigenvalue weighted by atomic mass is 9.72. The second-order valence-corrected chi connectivity index (χ2v) is 7.76. The number of aromatic nitrogens is 2. The van der Waals surface area contributed by atoms with E-state index in [0.717, 1.165) is 70.8 Å². The predicted molar refractivity (Wildman–Crippen MR) is 92.8 cm³/mol. The molecule has 24 heavy (non-hydrogen) atoms. The molecule has 3 aliphatic rings. The maximum absolute atomic E-state index is 12.5. The van der Waals surface area contributed by atoms with Crippen molar-refractivity contribution in [3.63, 3.8) is 0 Å². The Morgan fingerprint density at radius 3 is 2.54 bits per heavy atom. The number of rotatable bonds is 2. The molecule has 0 saturated carbocycles. The molecule has 0 radical (unpaired) electrons. The van der Waals surface area contributed by atoms with E-state index in [-0.39, 0.29) is 0 Å². The minimum absolute atomic E-state index is 0.306. The molecule has 0 aliphatic carbocycles. The summed E-state index contributed by atoms with van der Waals surface area (Å²) in [5.74, 6) is 1.21. The Hall–Kier alpha value is -1.69. The van der Waals surface area contributed by atoms with Gasteiger partial charge in [-0.25, -0.2) is 9.97 Å². The first-order valence-electron chi connectivity index (χ1n) is 9.15. The highest BCUT2D eigenvalue weighted by atomic mass is 16.2. The van der Waals surface area contributed by atoms with Crippen molar-refractivity contribution in [2.24, 2.45) is 5.41 Å². The van der Waals surface area contributed by atoms with Crippen molar-refractivity contribution in [3.8, 4) is 0 Å². The number of hydrogen-bond acceptors (Lipinski definition) is 5. The summed E-state index contributed by atoms with van der Waals surface area (Å²) in [6, 6.07) is 2.29. The van der Waals surface area contributed by atoms with E-state index in [1.54, 1.807) is 0 Å². The first kappa shape index (κ1) is 15.8. The summed E-state index contributed by atoms with van der Waals surface area (Å²) in [6.45, 7) is 5.09. The fraction of sp³-hybridized carbons (Fsp3) is 0.722. The van der Waals surface area contributed by atoms with Crippen LogP contribution in [0.2, 0.25) is 0 Å². The van der Waals surface area contributed by atoms with Gasteiger partial charge in [0.15, 0.2) is 0 Å². The van der Waals surface area contributed by atoms with Crippen LogP contribution in [0.1, 0.15) is 32.1 Å². The molecule has 6 nitrogen and oxygen atoms in total. The molecule has 3 aliphatic heterocycles. The van der Waals surface area contributed by atoms with Crippen molar-refractivity contribution in [3.05, 3.63) is 18.5 Å². The van der Waals surface area contributed by atoms with Gasteiger partial charge >= 0.3 is 0 Å². The Balaban J connectivity index is 1.42. The molecule has 1 amide bonds. The van der Waals surface area contributed by atoms with E-state index in [1.807, 2.05) is 18.5 Å². The normalized spacial score (nSPS) is 27.9. The average Bonchev–Trinajstić information content (AvgIpc) is 3.05. The van der Waals surface area contributed by atoms with Gasteiger partial charge in [-0.15, -0.1) is 0 Å². The van der Waals surface area contributed by atoms with Gasteiger partial charge in [-0.2, -0.15) is 0 Å². The van der Waals surface area contributed by atoms with Crippen molar-refractivity contribution in [1.82, 2.24) is 19.8 Å². The number of carbonyl (C=O) groups is 1. The van der Waals surface area contributed by atoms with E-state index in [2.05, 4.69) is 31.7 Å². The van der Waals surface area contributed by atoms with Crippen LogP contribution >= 0.6 is 0 Å². The maximum atomic E-state index is 12.5. The SMILES string of the molecule is CN1CCC(N2CC3(CCC2=O)CCN(c2ncccn2)CC3)C1. The van der Waals surface area contributed by atoms with Crippen molar-refractivity contribution >= 4 is 11.9 Å². The minimum Gasteiger partial charge on any atom is -0.341 e. The van der Waals surface area contributed by atoms with E-state index in [0.29, 0.717) is 17.4 Å². The van der Waals surface area contributed by atoms with Gasteiger partial charge in [0.05, 0.1) is 0 Å². The quantitative estimate of drug-likeness (QED) is 0.821. The molecule has 4 heterocycles. The summed E-state index contributed by atoms with van der Waals surface area (Å²) < 4.78 is 0. The lowest BCUT2D eigenvalue weighted by molar-refractivity contribution is -0.141. The van der Waals surface area contributed by atoms with Gasteiger partial charge in [0.1, 0.15) is 0 Å². The molecular formula is C18H27N5O. The van der Waals surface area contributed by atoms with Gasteiger partial charge in [0, 0.05) is 51.0 Å². The van der Waals surface area contributed by atoms with Gasteiger partial charge in [-0.05, 0) is 50.8 Å². The van der Waals surface area contributed by atoms with Crippen LogP contribution in [0.4, 0.5) is 5.95 Å². The van der Waals surface area contributed by atoms with Crippen molar-refractivity contribution in [1.29, 1.82) is 0 Å². The largest absolute Gasteiger partial charge is 0.341 e. The zero-order valence-electron chi connectivity index (χ0n) is 14.5. The molecule has 1 aromatic rings. The van der Waals surface area contributed by atoms with E-state index in [9.17, 15) is 4.79 Å². The summed E-state index contributed by atoms with van der Waals surface area (Å²) in [6.07, 6.45) is 8.79. The predicted octanol–water partition coefficient (Wildman–Crippen LogP) is 1.39. The Bertz CT molecular complexity index is 584. The molecular weight excluding hydrogens is 302 g/mol. The third kappa shape index (κ3) is 2.99. The van der Waals surface area contributed by atoms with E-state index >= 15 is 0 Å². The van der Waals surface area contributed by atoms with Crippen LogP contribution in [0.5, 0.6) is 0 Å². The summed E-state index contributed by atoms with van der Waals surface area (Å²) in [4.78, 5) is 28.1. The van der Waals surface area contributed by atoms with Gasteiger partial charge in [0.2, 0.25) is 11.9 Å². The molecule has 130 valence electrons. The summed E-state index contributed by atoms with van der Waals surface area (Å²) in [7, 11) is 2.16. The van der Waals surface area contributed by atoms with Gasteiger partial charge in [-0.1, -0.05) is 0 Å². The average molecular weight is 329 g/mol.